The molecule has 2 rings (SSSR count). The molecule has 2 N–H and O–H groups in total. The zero-order chi connectivity index (χ0) is 18.1. The van der Waals surface area contributed by atoms with Crippen molar-refractivity contribution in [2.24, 2.45) is 0 Å². The minimum Gasteiger partial charge on any atom is -0.480 e. The molecule has 0 bridgehead atoms. The van der Waals surface area contributed by atoms with Crippen molar-refractivity contribution in [1.29, 1.82) is 0 Å². The molecule has 0 aliphatic heterocycles. The normalized spacial score (nSPS) is 11.7. The van der Waals surface area contributed by atoms with Crippen LogP contribution in [0.15, 0.2) is 42.9 Å². The van der Waals surface area contributed by atoms with E-state index in [9.17, 15) is 14.7 Å². The van der Waals surface area contributed by atoms with Crippen molar-refractivity contribution in [3.8, 4) is 0 Å². The number of aromatic nitrogens is 2. The molecule has 0 saturated carbocycles. The fourth-order valence-corrected chi connectivity index (χ4v) is 3.15. The van der Waals surface area contributed by atoms with Crippen molar-refractivity contribution < 1.29 is 19.4 Å². The molecule has 1 unspecified atom stereocenters. The molecular weight excluding hydrogens is 342 g/mol. The maximum Gasteiger partial charge on any atom is 0.408 e. The number of carbonyl (C=O) groups is 2. The smallest absolute Gasteiger partial charge is 0.408 e. The average Bonchev–Trinajstić information content (AvgIpc) is 3.07. The summed E-state index contributed by atoms with van der Waals surface area (Å²) in [5.74, 6) is -0.226. The van der Waals surface area contributed by atoms with Crippen molar-refractivity contribution in [3.05, 3.63) is 54.1 Å². The van der Waals surface area contributed by atoms with Crippen LogP contribution in [-0.2, 0) is 28.4 Å². The molecule has 134 valence electrons. The Bertz CT molecular complexity index is 690. The maximum absolute atomic E-state index is 11.8. The quantitative estimate of drug-likeness (QED) is 0.711. The number of nitrogens with zero attached hydrogens (tertiary/aromatic N) is 2. The third-order valence-corrected chi connectivity index (χ3v) is 4.55. The fourth-order valence-electron chi connectivity index (χ4n) is 2.12. The van der Waals surface area contributed by atoms with Crippen LogP contribution in [-0.4, -0.2) is 38.5 Å². The maximum atomic E-state index is 11.8. The van der Waals surface area contributed by atoms with Crippen LogP contribution in [0.4, 0.5) is 4.79 Å². The van der Waals surface area contributed by atoms with Crippen molar-refractivity contribution in [2.75, 3.05) is 5.75 Å². The summed E-state index contributed by atoms with van der Waals surface area (Å²) in [5, 5.41) is 11.7. The summed E-state index contributed by atoms with van der Waals surface area (Å²) >= 11 is 1.42. The number of hydrogen-bond donors (Lipinski definition) is 2. The van der Waals surface area contributed by atoms with E-state index in [1.165, 1.54) is 11.8 Å². The molecule has 1 amide bonds. The zero-order valence-corrected chi connectivity index (χ0v) is 14.7. The van der Waals surface area contributed by atoms with Gasteiger partial charge in [-0.25, -0.2) is 14.6 Å². The van der Waals surface area contributed by atoms with Crippen molar-refractivity contribution >= 4 is 23.8 Å². The first-order valence-corrected chi connectivity index (χ1v) is 9.02. The molecule has 0 spiro atoms. The van der Waals surface area contributed by atoms with E-state index in [0.717, 1.165) is 17.8 Å². The number of carbonyl (C=O) groups excluding carboxylic acids is 1. The Morgan fingerprint density at radius 2 is 2.12 bits per heavy atom. The van der Waals surface area contributed by atoms with Gasteiger partial charge >= 0.3 is 12.1 Å². The lowest BCUT2D eigenvalue weighted by Gasteiger charge is -2.14. The van der Waals surface area contributed by atoms with E-state index in [1.807, 2.05) is 41.8 Å². The Kier molecular flexibility index (Phi) is 7.34. The van der Waals surface area contributed by atoms with Crippen LogP contribution < -0.4 is 5.32 Å². The second kappa shape index (κ2) is 9.73. The standard InChI is InChI=1S/C17H21N3O4S/c1-2-20-12-18-8-14(20)10-25-11-15(16(21)22)19-17(23)24-9-13-6-4-3-5-7-13/h3-8,12,15H,2,9-11H2,1H3,(H,19,23)(H,21,22). The van der Waals surface area contributed by atoms with Crippen LogP contribution in [0.1, 0.15) is 18.2 Å². The molecule has 7 nitrogen and oxygen atoms in total. The monoisotopic (exact) mass is 363 g/mol. The van der Waals surface area contributed by atoms with Gasteiger partial charge in [0.05, 0.1) is 6.33 Å². The molecule has 0 saturated heterocycles. The number of benzene rings is 1. The second-order valence-corrected chi connectivity index (χ2v) is 6.31. The summed E-state index contributed by atoms with van der Waals surface area (Å²) in [7, 11) is 0. The van der Waals surface area contributed by atoms with Crippen LogP contribution >= 0.6 is 11.8 Å². The Balaban J connectivity index is 1.77. The van der Waals surface area contributed by atoms with Crippen molar-refractivity contribution in [3.63, 3.8) is 0 Å². The highest BCUT2D eigenvalue weighted by molar-refractivity contribution is 7.98. The molecule has 8 heteroatoms. The largest absolute Gasteiger partial charge is 0.480 e. The Morgan fingerprint density at radius 1 is 1.36 bits per heavy atom. The molecule has 0 aliphatic rings. The molecule has 0 aliphatic carbocycles. The summed E-state index contributed by atoms with van der Waals surface area (Å²) in [5.41, 5.74) is 1.86. The van der Waals surface area contributed by atoms with Gasteiger partial charge in [-0.2, -0.15) is 11.8 Å². The topological polar surface area (TPSA) is 93.5 Å². The molecule has 0 fully saturated rings. The predicted octanol–water partition coefficient (Wildman–Crippen LogP) is 2.52. The predicted molar refractivity (Wildman–Crippen MR) is 95.2 cm³/mol. The first-order chi connectivity index (χ1) is 12.1. The van der Waals surface area contributed by atoms with Crippen molar-refractivity contribution in [1.82, 2.24) is 14.9 Å². The summed E-state index contributed by atoms with van der Waals surface area (Å²) in [6.07, 6.45) is 2.76. The number of rotatable bonds is 9. The van der Waals surface area contributed by atoms with Crippen LogP contribution in [0.2, 0.25) is 0 Å². The molecule has 25 heavy (non-hydrogen) atoms. The number of aryl methyl sites for hydroxylation is 1. The summed E-state index contributed by atoms with van der Waals surface area (Å²) in [6.45, 7) is 2.92. The number of amides is 1. The van der Waals surface area contributed by atoms with E-state index in [1.54, 1.807) is 12.5 Å². The lowest BCUT2D eigenvalue weighted by atomic mass is 10.2. The van der Waals surface area contributed by atoms with Gasteiger partial charge in [-0.15, -0.1) is 0 Å². The van der Waals surface area contributed by atoms with Crippen LogP contribution in [0.3, 0.4) is 0 Å². The Hall–Kier alpha value is -2.48. The Morgan fingerprint density at radius 3 is 2.80 bits per heavy atom. The van der Waals surface area contributed by atoms with Crippen LogP contribution in [0.25, 0.3) is 0 Å². The van der Waals surface area contributed by atoms with E-state index in [4.69, 9.17) is 4.74 Å². The second-order valence-electron chi connectivity index (χ2n) is 5.28. The van der Waals surface area contributed by atoms with Crippen LogP contribution in [0.5, 0.6) is 0 Å². The molecular formula is C17H21N3O4S. The molecule has 0 radical (unpaired) electrons. The van der Waals surface area contributed by atoms with Gasteiger partial charge in [-0.3, -0.25) is 0 Å². The first kappa shape index (κ1) is 18.9. The van der Waals surface area contributed by atoms with E-state index < -0.39 is 18.1 Å². The number of ether oxygens (including phenoxy) is 1. The van der Waals surface area contributed by atoms with E-state index in [-0.39, 0.29) is 12.4 Å². The first-order valence-electron chi connectivity index (χ1n) is 7.87. The molecule has 1 heterocycles. The van der Waals surface area contributed by atoms with E-state index >= 15 is 0 Å². The van der Waals surface area contributed by atoms with Gasteiger partial charge in [-0.1, -0.05) is 30.3 Å². The minimum atomic E-state index is -1.09. The third-order valence-electron chi connectivity index (χ3n) is 3.48. The number of carboxylic acid groups (broad SMARTS) is 1. The van der Waals surface area contributed by atoms with Gasteiger partial charge in [0, 0.05) is 29.9 Å². The number of hydrogen-bond acceptors (Lipinski definition) is 5. The number of carboxylic acids is 1. The molecule has 1 aromatic heterocycles. The summed E-state index contributed by atoms with van der Waals surface area (Å²) in [6, 6.07) is 8.20. The average molecular weight is 363 g/mol. The van der Waals surface area contributed by atoms with E-state index in [0.29, 0.717) is 5.75 Å². The zero-order valence-electron chi connectivity index (χ0n) is 13.9. The highest BCUT2D eigenvalue weighted by Crippen LogP contribution is 2.13. The van der Waals surface area contributed by atoms with Gasteiger partial charge in [0.2, 0.25) is 0 Å². The number of thioether (sulfide) groups is 1. The highest BCUT2D eigenvalue weighted by Gasteiger charge is 2.21. The van der Waals surface area contributed by atoms with E-state index in [2.05, 4.69) is 10.3 Å². The lowest BCUT2D eigenvalue weighted by molar-refractivity contribution is -0.138. The summed E-state index contributed by atoms with van der Waals surface area (Å²) in [4.78, 5) is 27.2. The number of aliphatic carboxylic acids is 1. The SMILES string of the molecule is CCn1cncc1CSCC(NC(=O)OCc1ccccc1)C(=O)O. The number of alkyl carbamates (subject to hydrolysis) is 1. The molecule has 2 aromatic rings. The van der Waals surface area contributed by atoms with Gasteiger partial charge in [0.25, 0.3) is 0 Å². The van der Waals surface area contributed by atoms with Crippen LogP contribution in [0, 0.1) is 0 Å². The van der Waals surface area contributed by atoms with Gasteiger partial charge in [0.15, 0.2) is 0 Å². The number of nitrogens with one attached hydrogen (secondary N) is 1. The van der Waals surface area contributed by atoms with Gasteiger partial charge in [-0.05, 0) is 12.5 Å². The number of imidazole rings is 1. The van der Waals surface area contributed by atoms with Crippen molar-refractivity contribution in [2.45, 2.75) is 31.9 Å². The van der Waals surface area contributed by atoms with Gasteiger partial charge in [0.1, 0.15) is 12.6 Å². The fraction of sp³-hybridized carbons (Fsp3) is 0.353. The highest BCUT2D eigenvalue weighted by atomic mass is 32.2. The third kappa shape index (κ3) is 6.15. The summed E-state index contributed by atoms with van der Waals surface area (Å²) < 4.78 is 7.05. The lowest BCUT2D eigenvalue weighted by Crippen LogP contribution is -2.42. The van der Waals surface area contributed by atoms with Gasteiger partial charge < -0.3 is 19.7 Å². The molecule has 1 atom stereocenters. The molecule has 1 aromatic carbocycles. The Labute approximate surface area is 150 Å². The minimum absolute atomic E-state index is 0.0990.